The van der Waals surface area contributed by atoms with Gasteiger partial charge in [-0.05, 0) is 53.5 Å². The predicted molar refractivity (Wildman–Crippen MR) is 128 cm³/mol. The molecule has 5 rings (SSSR count). The second kappa shape index (κ2) is 9.50. The Morgan fingerprint density at radius 1 is 1.29 bits per heavy atom. The number of aromatic nitrogens is 5. The number of carbonyl (C=O) groups is 1. The van der Waals surface area contributed by atoms with E-state index >= 15 is 0 Å². The number of anilines is 1. The maximum Gasteiger partial charge on any atom is 0.293 e. The molecule has 0 saturated carbocycles. The van der Waals surface area contributed by atoms with Gasteiger partial charge >= 0.3 is 0 Å². The Labute approximate surface area is 200 Å². The van der Waals surface area contributed by atoms with Gasteiger partial charge in [0.15, 0.2) is 5.69 Å². The third-order valence-electron chi connectivity index (χ3n) is 6.28. The first-order chi connectivity index (χ1) is 17.0. The molecule has 1 saturated heterocycles. The average Bonchev–Trinajstić information content (AvgIpc) is 3.47. The van der Waals surface area contributed by atoms with Crippen LogP contribution in [0.3, 0.4) is 0 Å². The fraction of sp³-hybridized carbons (Fsp3) is 0.304. The summed E-state index contributed by atoms with van der Waals surface area (Å²) in [5, 5.41) is 31.7. The third kappa shape index (κ3) is 4.43. The van der Waals surface area contributed by atoms with Crippen molar-refractivity contribution in [2.45, 2.75) is 38.8 Å². The molecule has 2 aromatic carbocycles. The minimum atomic E-state index is -0.554. The topological polar surface area (TPSA) is 161 Å². The molecule has 1 aliphatic rings. The normalized spacial score (nSPS) is 16.8. The van der Waals surface area contributed by atoms with E-state index in [0.717, 1.165) is 30.2 Å². The highest BCUT2D eigenvalue weighted by molar-refractivity contribution is 6.03. The second-order valence-corrected chi connectivity index (χ2v) is 8.50. The smallest absolute Gasteiger partial charge is 0.293 e. The molecule has 4 N–H and O–H groups in total. The van der Waals surface area contributed by atoms with Gasteiger partial charge in [-0.25, -0.2) is 10.1 Å². The number of nitrogens with zero attached hydrogens (tertiary/aromatic N) is 7. The van der Waals surface area contributed by atoms with Gasteiger partial charge in [0.2, 0.25) is 11.6 Å². The van der Waals surface area contributed by atoms with Crippen molar-refractivity contribution in [2.75, 3.05) is 12.3 Å². The Hall–Kier alpha value is -4.32. The summed E-state index contributed by atoms with van der Waals surface area (Å²) >= 11 is 0. The number of nitrogens with two attached hydrogens (primary N) is 1. The average molecular weight is 476 g/mol. The van der Waals surface area contributed by atoms with E-state index in [-0.39, 0.29) is 23.1 Å². The summed E-state index contributed by atoms with van der Waals surface area (Å²) in [6, 6.07) is 11.3. The van der Waals surface area contributed by atoms with Gasteiger partial charge in [-0.3, -0.25) is 9.69 Å². The maximum absolute atomic E-state index is 13.1. The van der Waals surface area contributed by atoms with Gasteiger partial charge in [-0.15, -0.1) is 5.10 Å². The van der Waals surface area contributed by atoms with E-state index in [1.165, 1.54) is 17.3 Å². The van der Waals surface area contributed by atoms with Crippen LogP contribution in [0.15, 0.2) is 46.1 Å². The molecule has 1 atom stereocenters. The van der Waals surface area contributed by atoms with Crippen molar-refractivity contribution in [3.8, 4) is 11.6 Å². The molecular weight excluding hydrogens is 450 g/mol. The van der Waals surface area contributed by atoms with E-state index in [4.69, 9.17) is 10.4 Å². The van der Waals surface area contributed by atoms with Crippen LogP contribution in [0.2, 0.25) is 0 Å². The number of phenols is 1. The highest BCUT2D eigenvalue weighted by atomic mass is 16.6. The van der Waals surface area contributed by atoms with Gasteiger partial charge in [-0.1, -0.05) is 42.0 Å². The van der Waals surface area contributed by atoms with Crippen molar-refractivity contribution < 1.29 is 14.5 Å². The number of hydrogen-bond acceptors (Lipinski definition) is 10. The molecule has 1 amide bonds. The minimum absolute atomic E-state index is 0.0410. The number of piperidine rings is 1. The van der Waals surface area contributed by atoms with Gasteiger partial charge in [0.1, 0.15) is 5.75 Å². The monoisotopic (exact) mass is 475 g/mol. The van der Waals surface area contributed by atoms with Crippen LogP contribution in [0.5, 0.6) is 5.75 Å². The highest BCUT2D eigenvalue weighted by Crippen LogP contribution is 2.26. The number of hydrogen-bond donors (Lipinski definition) is 3. The van der Waals surface area contributed by atoms with Crippen LogP contribution >= 0.6 is 0 Å². The van der Waals surface area contributed by atoms with Crippen LogP contribution in [0.4, 0.5) is 5.82 Å². The van der Waals surface area contributed by atoms with Crippen molar-refractivity contribution in [2.24, 2.45) is 5.10 Å². The largest absolute Gasteiger partial charge is 0.507 e. The number of nitrogens with one attached hydrogen (secondary N) is 1. The van der Waals surface area contributed by atoms with Crippen molar-refractivity contribution in [1.29, 1.82) is 0 Å². The summed E-state index contributed by atoms with van der Waals surface area (Å²) < 4.78 is 6.10. The third-order valence-corrected chi connectivity index (χ3v) is 6.28. The van der Waals surface area contributed by atoms with Crippen LogP contribution in [0.1, 0.15) is 47.9 Å². The summed E-state index contributed by atoms with van der Waals surface area (Å²) in [5.74, 6) is -0.289. The van der Waals surface area contributed by atoms with Gasteiger partial charge in [-0.2, -0.15) is 9.78 Å². The van der Waals surface area contributed by atoms with Gasteiger partial charge in [0, 0.05) is 18.2 Å². The molecule has 1 unspecified atom stereocenters. The van der Waals surface area contributed by atoms with Crippen molar-refractivity contribution >= 4 is 28.7 Å². The predicted octanol–water partition coefficient (Wildman–Crippen LogP) is 2.23. The number of amides is 1. The van der Waals surface area contributed by atoms with E-state index in [0.29, 0.717) is 23.8 Å². The van der Waals surface area contributed by atoms with Gasteiger partial charge < -0.3 is 10.8 Å². The molecule has 4 aromatic rings. The molecule has 0 radical (unpaired) electrons. The number of carbonyl (C=O) groups excluding carboxylic acids is 1. The molecule has 0 aliphatic carbocycles. The molecule has 1 fully saturated rings. The number of phenolic OH excluding ortho intramolecular Hbond substituents is 1. The summed E-state index contributed by atoms with van der Waals surface area (Å²) in [4.78, 5) is 15.3. The standard InChI is InChI=1S/C23H25N9O3/c1-14-6-4-5-11-31(14)13-18-20(26-30-32(18)22-21(24)28-35-29-22)23(34)27-25-12-17-16-8-3-2-7-15(16)9-10-19(17)33/h2-3,7-10,12,14,33H,4-6,11,13H2,1H3,(H2,24,28)(H,27,34)/b25-12+. The molecule has 12 heteroatoms. The zero-order valence-electron chi connectivity index (χ0n) is 19.1. The first-order valence-corrected chi connectivity index (χ1v) is 11.3. The Kier molecular flexibility index (Phi) is 6.10. The van der Waals surface area contributed by atoms with Crippen molar-refractivity contribution in [1.82, 2.24) is 35.6 Å². The minimum Gasteiger partial charge on any atom is -0.507 e. The van der Waals surface area contributed by atoms with Crippen LogP contribution in [0.25, 0.3) is 16.6 Å². The molecule has 12 nitrogen and oxygen atoms in total. The lowest BCUT2D eigenvalue weighted by molar-refractivity contribution is 0.0945. The number of likely N-dealkylation sites (tertiary alicyclic amines) is 1. The lowest BCUT2D eigenvalue weighted by Crippen LogP contribution is -2.38. The summed E-state index contributed by atoms with van der Waals surface area (Å²) in [6.45, 7) is 3.45. The van der Waals surface area contributed by atoms with E-state index in [1.807, 2.05) is 30.3 Å². The molecule has 3 heterocycles. The van der Waals surface area contributed by atoms with Crippen LogP contribution < -0.4 is 11.2 Å². The molecule has 0 spiro atoms. The van der Waals surface area contributed by atoms with E-state index in [2.05, 4.69) is 43.0 Å². The quantitative estimate of drug-likeness (QED) is 0.280. The van der Waals surface area contributed by atoms with E-state index in [1.54, 1.807) is 6.07 Å². The molecule has 1 aliphatic heterocycles. The molecule has 35 heavy (non-hydrogen) atoms. The van der Waals surface area contributed by atoms with E-state index < -0.39 is 5.91 Å². The molecule has 180 valence electrons. The number of nitrogen functional groups attached to an aromatic ring is 1. The second-order valence-electron chi connectivity index (χ2n) is 8.50. The Balaban J connectivity index is 1.43. The maximum atomic E-state index is 13.1. The number of hydrazone groups is 1. The summed E-state index contributed by atoms with van der Waals surface area (Å²) in [6.07, 6.45) is 4.71. The fourth-order valence-corrected chi connectivity index (χ4v) is 4.34. The van der Waals surface area contributed by atoms with Crippen molar-refractivity contribution in [3.63, 3.8) is 0 Å². The van der Waals surface area contributed by atoms with Gasteiger partial charge in [0.05, 0.1) is 11.9 Å². The van der Waals surface area contributed by atoms with E-state index in [9.17, 15) is 9.90 Å². The first-order valence-electron chi connectivity index (χ1n) is 11.3. The number of rotatable bonds is 6. The Morgan fingerprint density at radius 2 is 2.14 bits per heavy atom. The van der Waals surface area contributed by atoms with Gasteiger partial charge in [0.25, 0.3) is 5.91 Å². The first kappa shape index (κ1) is 22.5. The van der Waals surface area contributed by atoms with Crippen LogP contribution in [-0.4, -0.2) is 60.0 Å². The molecule has 2 aromatic heterocycles. The van der Waals surface area contributed by atoms with Crippen molar-refractivity contribution in [3.05, 3.63) is 53.3 Å². The molecule has 0 bridgehead atoms. The number of aromatic hydroxyl groups is 1. The number of benzene rings is 2. The summed E-state index contributed by atoms with van der Waals surface area (Å²) in [7, 11) is 0. The number of fused-ring (bicyclic) bond motifs is 1. The molecular formula is C23H25N9O3. The lowest BCUT2D eigenvalue weighted by atomic mass is 10.0. The Bertz CT molecular complexity index is 1390. The zero-order valence-corrected chi connectivity index (χ0v) is 19.1. The fourth-order valence-electron chi connectivity index (χ4n) is 4.34. The highest BCUT2D eigenvalue weighted by Gasteiger charge is 2.28. The van der Waals surface area contributed by atoms with Crippen LogP contribution in [-0.2, 0) is 6.54 Å². The van der Waals surface area contributed by atoms with Crippen LogP contribution in [0, 0.1) is 0 Å². The zero-order chi connectivity index (χ0) is 24.4. The Morgan fingerprint density at radius 3 is 2.94 bits per heavy atom. The summed E-state index contributed by atoms with van der Waals surface area (Å²) in [5.41, 5.74) is 9.46. The SMILES string of the molecule is CC1CCCCN1Cc1c(C(=O)N/N=C/c2c(O)ccc3ccccc23)nnn1-c1nonc1N. The lowest BCUT2D eigenvalue weighted by Gasteiger charge is -2.33.